The molecule has 2 aliphatic rings. The van der Waals surface area contributed by atoms with Crippen LogP contribution in [0.2, 0.25) is 0 Å². The summed E-state index contributed by atoms with van der Waals surface area (Å²) in [7, 11) is 2.13. The van der Waals surface area contributed by atoms with E-state index in [4.69, 9.17) is 0 Å². The second kappa shape index (κ2) is 6.42. The van der Waals surface area contributed by atoms with Crippen molar-refractivity contribution in [1.82, 2.24) is 14.4 Å². The molecule has 0 unspecified atom stereocenters. The highest BCUT2D eigenvalue weighted by Crippen LogP contribution is 2.33. The van der Waals surface area contributed by atoms with Gasteiger partial charge in [0.1, 0.15) is 0 Å². The molecular formula is C17H27N3O2. The number of pyridine rings is 1. The number of rotatable bonds is 3. The second-order valence-corrected chi connectivity index (χ2v) is 6.83. The Kier molecular flexibility index (Phi) is 4.54. The normalized spacial score (nSPS) is 21.5. The monoisotopic (exact) mass is 305 g/mol. The van der Waals surface area contributed by atoms with E-state index in [1.807, 2.05) is 6.92 Å². The van der Waals surface area contributed by atoms with Crippen LogP contribution in [-0.2, 0) is 6.54 Å². The zero-order chi connectivity index (χ0) is 15.7. The molecule has 2 heterocycles. The molecule has 0 atom stereocenters. The Labute approximate surface area is 132 Å². The van der Waals surface area contributed by atoms with Crippen molar-refractivity contribution < 1.29 is 5.11 Å². The lowest BCUT2D eigenvalue weighted by atomic mass is 10.1. The minimum absolute atomic E-state index is 0.0450. The maximum Gasteiger partial charge on any atom is 0.223 e. The summed E-state index contributed by atoms with van der Waals surface area (Å²) in [5.74, 6) is -0.0450. The average molecular weight is 305 g/mol. The van der Waals surface area contributed by atoms with Gasteiger partial charge in [-0.25, -0.2) is 0 Å². The summed E-state index contributed by atoms with van der Waals surface area (Å²) in [4.78, 5) is 16.7. The smallest absolute Gasteiger partial charge is 0.223 e. The quantitative estimate of drug-likeness (QED) is 0.924. The Bertz CT molecular complexity index is 582. The van der Waals surface area contributed by atoms with Crippen LogP contribution in [0.5, 0.6) is 5.75 Å². The molecule has 0 radical (unpaired) electrons. The van der Waals surface area contributed by atoms with Crippen LogP contribution in [0.25, 0.3) is 0 Å². The Morgan fingerprint density at radius 1 is 1.18 bits per heavy atom. The summed E-state index contributed by atoms with van der Waals surface area (Å²) in [6, 6.07) is 2.02. The van der Waals surface area contributed by atoms with E-state index in [0.717, 1.165) is 50.4 Å². The van der Waals surface area contributed by atoms with Crippen LogP contribution in [0, 0.1) is 6.92 Å². The van der Waals surface area contributed by atoms with Crippen molar-refractivity contribution in [3.05, 3.63) is 27.7 Å². The Balaban J connectivity index is 1.92. The zero-order valence-electron chi connectivity index (χ0n) is 13.7. The van der Waals surface area contributed by atoms with Crippen LogP contribution in [-0.4, -0.2) is 52.7 Å². The number of piperazine rings is 1. The number of aryl methyl sites for hydroxylation is 1. The summed E-state index contributed by atoms with van der Waals surface area (Å²) in [6.45, 7) is 6.73. The molecule has 2 fully saturated rings. The largest absolute Gasteiger partial charge is 0.503 e. The third-order valence-electron chi connectivity index (χ3n) is 5.18. The van der Waals surface area contributed by atoms with Gasteiger partial charge in [-0.05, 0) is 26.8 Å². The highest BCUT2D eigenvalue weighted by Gasteiger charge is 2.25. The van der Waals surface area contributed by atoms with Gasteiger partial charge < -0.3 is 14.6 Å². The van der Waals surface area contributed by atoms with Gasteiger partial charge in [0.25, 0.3) is 0 Å². The van der Waals surface area contributed by atoms with Crippen molar-refractivity contribution >= 4 is 0 Å². The molecule has 1 N–H and O–H groups in total. The predicted octanol–water partition coefficient (Wildman–Crippen LogP) is 1.72. The van der Waals surface area contributed by atoms with Crippen LogP contribution in [0.3, 0.4) is 0 Å². The lowest BCUT2D eigenvalue weighted by molar-refractivity contribution is 0.143. The number of hydrogen-bond acceptors (Lipinski definition) is 4. The second-order valence-electron chi connectivity index (χ2n) is 6.83. The molecule has 1 aliphatic carbocycles. The molecule has 1 saturated heterocycles. The van der Waals surface area contributed by atoms with Crippen molar-refractivity contribution in [3.8, 4) is 5.75 Å². The number of aromatic hydroxyl groups is 1. The molecule has 22 heavy (non-hydrogen) atoms. The van der Waals surface area contributed by atoms with E-state index < -0.39 is 0 Å². The summed E-state index contributed by atoms with van der Waals surface area (Å²) >= 11 is 0. The fraction of sp³-hybridized carbons (Fsp3) is 0.706. The van der Waals surface area contributed by atoms with E-state index in [9.17, 15) is 9.90 Å². The van der Waals surface area contributed by atoms with Gasteiger partial charge in [-0.2, -0.15) is 0 Å². The predicted molar refractivity (Wildman–Crippen MR) is 87.4 cm³/mol. The molecule has 5 heteroatoms. The van der Waals surface area contributed by atoms with Crippen molar-refractivity contribution in [1.29, 1.82) is 0 Å². The molecule has 122 valence electrons. The van der Waals surface area contributed by atoms with Crippen LogP contribution in [0.4, 0.5) is 0 Å². The van der Waals surface area contributed by atoms with E-state index in [2.05, 4.69) is 21.4 Å². The molecule has 1 aromatic heterocycles. The van der Waals surface area contributed by atoms with Crippen LogP contribution in [0.15, 0.2) is 10.9 Å². The van der Waals surface area contributed by atoms with Crippen molar-refractivity contribution in [2.24, 2.45) is 0 Å². The first-order valence-electron chi connectivity index (χ1n) is 8.41. The van der Waals surface area contributed by atoms with Crippen LogP contribution < -0.4 is 5.43 Å². The molecule has 0 spiro atoms. The van der Waals surface area contributed by atoms with Crippen molar-refractivity contribution in [2.45, 2.75) is 45.2 Å². The van der Waals surface area contributed by atoms with Crippen molar-refractivity contribution in [3.63, 3.8) is 0 Å². The Hall–Kier alpha value is -1.33. The minimum Gasteiger partial charge on any atom is -0.503 e. The zero-order valence-corrected chi connectivity index (χ0v) is 13.7. The van der Waals surface area contributed by atoms with E-state index in [-0.39, 0.29) is 11.2 Å². The Morgan fingerprint density at radius 2 is 1.82 bits per heavy atom. The topological polar surface area (TPSA) is 48.7 Å². The standard InChI is InChI=1S/C17H27N3O2/c1-13-11-16(21)17(22)15(20(13)14-5-3-4-6-14)12-19-9-7-18(2)8-10-19/h11,14,22H,3-10,12H2,1-2H3. The van der Waals surface area contributed by atoms with Gasteiger partial charge in [0, 0.05) is 50.5 Å². The molecular weight excluding hydrogens is 278 g/mol. The van der Waals surface area contributed by atoms with E-state index in [1.54, 1.807) is 6.07 Å². The molecule has 3 rings (SSSR count). The van der Waals surface area contributed by atoms with Gasteiger partial charge in [-0.1, -0.05) is 12.8 Å². The molecule has 0 amide bonds. The molecule has 1 aromatic rings. The van der Waals surface area contributed by atoms with E-state index >= 15 is 0 Å². The summed E-state index contributed by atoms with van der Waals surface area (Å²) in [5, 5.41) is 10.4. The van der Waals surface area contributed by atoms with Gasteiger partial charge in [-0.3, -0.25) is 9.69 Å². The number of likely N-dealkylation sites (N-methyl/N-ethyl adjacent to an activating group) is 1. The fourth-order valence-corrected chi connectivity index (χ4v) is 3.84. The highest BCUT2D eigenvalue weighted by atomic mass is 16.3. The minimum atomic E-state index is -0.240. The summed E-state index contributed by atoms with van der Waals surface area (Å²) in [6.07, 6.45) is 4.79. The lowest BCUT2D eigenvalue weighted by Gasteiger charge is -2.34. The summed E-state index contributed by atoms with van der Waals surface area (Å²) < 4.78 is 2.24. The molecule has 1 aliphatic heterocycles. The molecule has 1 saturated carbocycles. The first-order valence-corrected chi connectivity index (χ1v) is 8.41. The maximum absolute atomic E-state index is 12.0. The van der Waals surface area contributed by atoms with Crippen LogP contribution >= 0.6 is 0 Å². The lowest BCUT2D eigenvalue weighted by Crippen LogP contribution is -2.44. The van der Waals surface area contributed by atoms with Crippen LogP contribution in [0.1, 0.15) is 43.1 Å². The van der Waals surface area contributed by atoms with Gasteiger partial charge in [-0.15, -0.1) is 0 Å². The SMILES string of the molecule is Cc1cc(=O)c(O)c(CN2CCN(C)CC2)n1C1CCCC1. The van der Waals surface area contributed by atoms with E-state index in [1.165, 1.54) is 12.8 Å². The third-order valence-corrected chi connectivity index (χ3v) is 5.18. The third kappa shape index (κ3) is 3.06. The average Bonchev–Trinajstić information content (AvgIpc) is 3.00. The Morgan fingerprint density at radius 3 is 2.45 bits per heavy atom. The van der Waals surface area contributed by atoms with Gasteiger partial charge in [0.05, 0.1) is 5.69 Å². The molecule has 0 aromatic carbocycles. The summed E-state index contributed by atoms with van der Waals surface area (Å²) in [5.41, 5.74) is 1.57. The highest BCUT2D eigenvalue weighted by molar-refractivity contribution is 5.30. The number of hydrogen-bond donors (Lipinski definition) is 1. The molecule has 0 bridgehead atoms. The van der Waals surface area contributed by atoms with E-state index in [0.29, 0.717) is 12.6 Å². The van der Waals surface area contributed by atoms with Gasteiger partial charge in [0.2, 0.25) is 5.43 Å². The maximum atomic E-state index is 12.0. The molecule has 5 nitrogen and oxygen atoms in total. The fourth-order valence-electron chi connectivity index (χ4n) is 3.84. The van der Waals surface area contributed by atoms with Gasteiger partial charge in [0.15, 0.2) is 5.75 Å². The first kappa shape index (κ1) is 15.6. The number of aromatic nitrogens is 1. The number of nitrogens with zero attached hydrogens (tertiary/aromatic N) is 3. The van der Waals surface area contributed by atoms with Crippen molar-refractivity contribution in [2.75, 3.05) is 33.2 Å². The first-order chi connectivity index (χ1) is 10.6. The van der Waals surface area contributed by atoms with Gasteiger partial charge >= 0.3 is 0 Å².